The second-order valence-corrected chi connectivity index (χ2v) is 6.24. The first-order valence-electron chi connectivity index (χ1n) is 8.11. The van der Waals surface area contributed by atoms with E-state index in [0.717, 1.165) is 12.6 Å². The van der Waals surface area contributed by atoms with E-state index in [1.807, 2.05) is 11.8 Å². The number of allylic oxidation sites excluding steroid dienone is 1. The van der Waals surface area contributed by atoms with Crippen LogP contribution in [0.15, 0.2) is 35.8 Å². The van der Waals surface area contributed by atoms with Crippen molar-refractivity contribution in [2.75, 3.05) is 24.5 Å². The average Bonchev–Trinajstić information content (AvgIpc) is 2.57. The minimum atomic E-state index is -1.33. The van der Waals surface area contributed by atoms with Crippen LogP contribution in [0.25, 0.3) is 10.9 Å². The van der Waals surface area contributed by atoms with Gasteiger partial charge in [-0.05, 0) is 19.1 Å². The fourth-order valence-corrected chi connectivity index (χ4v) is 3.24. The van der Waals surface area contributed by atoms with E-state index >= 15 is 0 Å². The lowest BCUT2D eigenvalue weighted by Crippen LogP contribution is -2.49. The second-order valence-electron chi connectivity index (χ2n) is 6.24. The maximum absolute atomic E-state index is 14.7. The van der Waals surface area contributed by atoms with Crippen molar-refractivity contribution in [3.05, 3.63) is 52.6 Å². The first-order chi connectivity index (χ1) is 11.9. The molecule has 1 saturated heterocycles. The van der Waals surface area contributed by atoms with Crippen LogP contribution in [0.4, 0.5) is 10.1 Å². The Balaban J connectivity index is 0.00000243. The van der Waals surface area contributed by atoms with Crippen LogP contribution >= 0.6 is 12.4 Å². The predicted octanol–water partition coefficient (Wildman–Crippen LogP) is 2.24. The number of hydrogen-bond acceptors (Lipinski definition) is 4. The number of carbonyl (C=O) groups is 1. The largest absolute Gasteiger partial charge is 0.477 e. The SMILES string of the molecule is C=CCn1cc(C(=O)O)c(=O)c2cc(F)c(N3CCNC(C)C3)cc21.Cl. The minimum Gasteiger partial charge on any atom is -0.477 e. The highest BCUT2D eigenvalue weighted by Crippen LogP contribution is 2.26. The summed E-state index contributed by atoms with van der Waals surface area (Å²) in [6, 6.07) is 3.00. The van der Waals surface area contributed by atoms with Crippen molar-refractivity contribution in [2.24, 2.45) is 0 Å². The lowest BCUT2D eigenvalue weighted by atomic mass is 10.1. The number of nitrogens with zero attached hydrogens (tertiary/aromatic N) is 2. The molecule has 8 heteroatoms. The van der Waals surface area contributed by atoms with Crippen LogP contribution < -0.4 is 15.6 Å². The standard InChI is InChI=1S/C18H20FN3O3.ClH/c1-3-5-21-10-13(18(24)25)17(23)12-7-14(19)16(8-15(12)21)22-6-4-20-11(2)9-22;/h3,7-8,10-11,20H,1,4-6,9H2,2H3,(H,24,25);1H. The number of fused-ring (bicyclic) bond motifs is 1. The number of aromatic carboxylic acids is 1. The van der Waals surface area contributed by atoms with Crippen molar-refractivity contribution in [3.8, 4) is 0 Å². The summed E-state index contributed by atoms with van der Waals surface area (Å²) in [4.78, 5) is 25.7. The van der Waals surface area contributed by atoms with Crippen molar-refractivity contribution in [3.63, 3.8) is 0 Å². The second kappa shape index (κ2) is 7.88. The topological polar surface area (TPSA) is 74.6 Å². The third-order valence-corrected chi connectivity index (χ3v) is 4.41. The van der Waals surface area contributed by atoms with Gasteiger partial charge < -0.3 is 19.9 Å². The number of aromatic nitrogens is 1. The number of nitrogens with one attached hydrogen (secondary N) is 1. The number of halogens is 2. The number of carboxylic acid groups (broad SMARTS) is 1. The van der Waals surface area contributed by atoms with Gasteiger partial charge in [-0.15, -0.1) is 19.0 Å². The quantitative estimate of drug-likeness (QED) is 0.794. The van der Waals surface area contributed by atoms with Gasteiger partial charge in [0.2, 0.25) is 5.43 Å². The molecule has 0 amide bonds. The van der Waals surface area contributed by atoms with Crippen molar-refractivity contribution in [1.29, 1.82) is 0 Å². The maximum atomic E-state index is 14.7. The molecule has 1 atom stereocenters. The molecule has 140 valence electrons. The van der Waals surface area contributed by atoms with Crippen LogP contribution in [0.3, 0.4) is 0 Å². The van der Waals surface area contributed by atoms with E-state index in [0.29, 0.717) is 30.8 Å². The summed E-state index contributed by atoms with van der Waals surface area (Å²) >= 11 is 0. The molecule has 0 radical (unpaired) electrons. The number of anilines is 1. The Morgan fingerprint density at radius 2 is 2.23 bits per heavy atom. The highest BCUT2D eigenvalue weighted by molar-refractivity contribution is 5.93. The van der Waals surface area contributed by atoms with Crippen LogP contribution in [0, 0.1) is 5.82 Å². The number of rotatable bonds is 4. The van der Waals surface area contributed by atoms with Crippen LogP contribution in [-0.4, -0.2) is 41.3 Å². The summed E-state index contributed by atoms with van der Waals surface area (Å²) in [5.41, 5.74) is -0.141. The molecule has 1 aromatic carbocycles. The summed E-state index contributed by atoms with van der Waals surface area (Å²) in [6.07, 6.45) is 2.89. The average molecular weight is 382 g/mol. The first kappa shape index (κ1) is 19.9. The number of piperazine rings is 1. The summed E-state index contributed by atoms with van der Waals surface area (Å²) in [5, 5.41) is 12.6. The van der Waals surface area contributed by atoms with E-state index in [-0.39, 0.29) is 29.4 Å². The van der Waals surface area contributed by atoms with Gasteiger partial charge in [0, 0.05) is 43.8 Å². The van der Waals surface area contributed by atoms with E-state index < -0.39 is 17.2 Å². The van der Waals surface area contributed by atoms with Crippen LogP contribution in [0.5, 0.6) is 0 Å². The van der Waals surface area contributed by atoms with E-state index in [1.165, 1.54) is 6.20 Å². The minimum absolute atomic E-state index is 0. The summed E-state index contributed by atoms with van der Waals surface area (Å²) in [5.74, 6) is -1.85. The van der Waals surface area contributed by atoms with Gasteiger partial charge in [-0.1, -0.05) is 6.08 Å². The maximum Gasteiger partial charge on any atom is 0.341 e. The highest BCUT2D eigenvalue weighted by atomic mass is 35.5. The molecule has 26 heavy (non-hydrogen) atoms. The fourth-order valence-electron chi connectivity index (χ4n) is 3.24. The third kappa shape index (κ3) is 3.59. The zero-order chi connectivity index (χ0) is 18.1. The Labute approximate surface area is 156 Å². The molecule has 1 fully saturated rings. The number of hydrogen-bond donors (Lipinski definition) is 2. The van der Waals surface area contributed by atoms with Crippen LogP contribution in [-0.2, 0) is 6.54 Å². The van der Waals surface area contributed by atoms with Crippen molar-refractivity contribution >= 4 is 35.0 Å². The Kier molecular flexibility index (Phi) is 6.05. The fraction of sp³-hybridized carbons (Fsp3) is 0.333. The monoisotopic (exact) mass is 381 g/mol. The molecule has 1 aromatic heterocycles. The molecular formula is C18H21ClFN3O3. The molecule has 2 heterocycles. The Hall–Kier alpha value is -2.38. The smallest absolute Gasteiger partial charge is 0.341 e. The molecule has 0 spiro atoms. The van der Waals surface area contributed by atoms with Gasteiger partial charge in [0.1, 0.15) is 11.4 Å². The summed E-state index contributed by atoms with van der Waals surface area (Å²) in [6.45, 7) is 8.06. The van der Waals surface area contributed by atoms with Gasteiger partial charge in [-0.25, -0.2) is 9.18 Å². The molecule has 0 saturated carbocycles. The lowest BCUT2D eigenvalue weighted by Gasteiger charge is -2.34. The summed E-state index contributed by atoms with van der Waals surface area (Å²) < 4.78 is 16.3. The van der Waals surface area contributed by atoms with Gasteiger partial charge in [0.25, 0.3) is 0 Å². The first-order valence-corrected chi connectivity index (χ1v) is 8.11. The van der Waals surface area contributed by atoms with E-state index in [1.54, 1.807) is 16.7 Å². The number of carboxylic acids is 1. The normalized spacial score (nSPS) is 17.0. The van der Waals surface area contributed by atoms with Gasteiger partial charge in [0.15, 0.2) is 0 Å². The predicted molar refractivity (Wildman–Crippen MR) is 102 cm³/mol. The molecule has 3 rings (SSSR count). The molecule has 0 aliphatic carbocycles. The Bertz CT molecular complexity index is 913. The molecule has 2 N–H and O–H groups in total. The van der Waals surface area contributed by atoms with E-state index in [9.17, 15) is 19.1 Å². The van der Waals surface area contributed by atoms with Crippen molar-refractivity contribution in [2.45, 2.75) is 19.5 Å². The third-order valence-electron chi connectivity index (χ3n) is 4.41. The van der Waals surface area contributed by atoms with Gasteiger partial charge in [-0.2, -0.15) is 0 Å². The number of benzene rings is 1. The molecule has 6 nitrogen and oxygen atoms in total. The highest BCUT2D eigenvalue weighted by Gasteiger charge is 2.22. The molecule has 1 aliphatic rings. The number of pyridine rings is 1. The van der Waals surface area contributed by atoms with Gasteiger partial charge in [-0.3, -0.25) is 4.79 Å². The Morgan fingerprint density at radius 3 is 2.85 bits per heavy atom. The molecule has 1 unspecified atom stereocenters. The molecule has 1 aliphatic heterocycles. The van der Waals surface area contributed by atoms with E-state index in [4.69, 9.17) is 0 Å². The Morgan fingerprint density at radius 1 is 1.50 bits per heavy atom. The molecule has 0 bridgehead atoms. The summed E-state index contributed by atoms with van der Waals surface area (Å²) in [7, 11) is 0. The lowest BCUT2D eigenvalue weighted by molar-refractivity contribution is 0.0695. The van der Waals surface area contributed by atoms with E-state index in [2.05, 4.69) is 11.9 Å². The van der Waals surface area contributed by atoms with Gasteiger partial charge in [0.05, 0.1) is 11.2 Å². The van der Waals surface area contributed by atoms with Crippen molar-refractivity contribution < 1.29 is 14.3 Å². The van der Waals surface area contributed by atoms with Crippen molar-refractivity contribution in [1.82, 2.24) is 9.88 Å². The van der Waals surface area contributed by atoms with Gasteiger partial charge >= 0.3 is 5.97 Å². The molecular weight excluding hydrogens is 361 g/mol. The zero-order valence-corrected chi connectivity index (χ0v) is 15.2. The van der Waals surface area contributed by atoms with Crippen LogP contribution in [0.1, 0.15) is 17.3 Å². The molecule has 2 aromatic rings. The van der Waals surface area contributed by atoms with Crippen LogP contribution in [0.2, 0.25) is 0 Å². The zero-order valence-electron chi connectivity index (χ0n) is 14.4.